The Bertz CT molecular complexity index is 585. The molecule has 3 fully saturated rings. The molecule has 0 aromatic heterocycles. The van der Waals surface area contributed by atoms with E-state index in [1.807, 2.05) is 0 Å². The zero-order chi connectivity index (χ0) is 19.1. The van der Waals surface area contributed by atoms with E-state index in [0.29, 0.717) is 6.42 Å². The fraction of sp³-hybridized carbons (Fsp3) is 0.818. The highest BCUT2D eigenvalue weighted by atomic mass is 16.5. The van der Waals surface area contributed by atoms with Gasteiger partial charge >= 0.3 is 5.97 Å². The third-order valence-electron chi connectivity index (χ3n) is 8.23. The molecule has 0 spiro atoms. The lowest BCUT2D eigenvalue weighted by molar-refractivity contribution is -0.157. The average Bonchev–Trinajstić information content (AvgIpc) is 2.87. The van der Waals surface area contributed by atoms with Crippen molar-refractivity contribution in [2.24, 2.45) is 28.6 Å². The number of rotatable bonds is 4. The molecule has 0 saturated heterocycles. The number of carbonyl (C=O) groups excluding carboxylic acids is 2. The van der Waals surface area contributed by atoms with Crippen molar-refractivity contribution in [2.45, 2.75) is 84.3 Å². The largest absolute Gasteiger partial charge is 0.463 e. The quantitative estimate of drug-likeness (QED) is 0.465. The first kappa shape index (κ1) is 19.6. The average molecular weight is 363 g/mol. The molecule has 3 aliphatic rings. The second-order valence-corrected chi connectivity index (χ2v) is 9.41. The minimum Gasteiger partial charge on any atom is -0.463 e. The summed E-state index contributed by atoms with van der Waals surface area (Å²) in [6.45, 7) is 10.2. The van der Waals surface area contributed by atoms with Gasteiger partial charge in [0.2, 0.25) is 0 Å². The number of hydrogen-bond acceptors (Lipinski definition) is 4. The fourth-order valence-corrected chi connectivity index (χ4v) is 6.42. The van der Waals surface area contributed by atoms with Crippen LogP contribution in [-0.2, 0) is 14.3 Å². The number of fused-ring (bicyclic) bond motifs is 1. The van der Waals surface area contributed by atoms with Crippen LogP contribution >= 0.6 is 0 Å². The van der Waals surface area contributed by atoms with E-state index >= 15 is 0 Å². The summed E-state index contributed by atoms with van der Waals surface area (Å²) < 4.78 is 5.45. The topological polar surface area (TPSA) is 63.6 Å². The van der Waals surface area contributed by atoms with Crippen molar-refractivity contribution in [3.8, 4) is 0 Å². The van der Waals surface area contributed by atoms with Gasteiger partial charge in [0.1, 0.15) is 12.4 Å². The highest BCUT2D eigenvalue weighted by Gasteiger charge is 2.56. The molecule has 0 aromatic carbocycles. The summed E-state index contributed by atoms with van der Waals surface area (Å²) in [6, 6.07) is 0. The van der Waals surface area contributed by atoms with Gasteiger partial charge in [-0.3, -0.25) is 4.79 Å². The summed E-state index contributed by atoms with van der Waals surface area (Å²) >= 11 is 0. The minimum atomic E-state index is -0.336. The number of ether oxygens (including phenoxy) is 1. The first-order chi connectivity index (χ1) is 12.2. The summed E-state index contributed by atoms with van der Waals surface area (Å²) in [7, 11) is 0. The Morgan fingerprint density at radius 3 is 2.65 bits per heavy atom. The van der Waals surface area contributed by atoms with Crippen molar-refractivity contribution in [2.75, 3.05) is 0 Å². The van der Waals surface area contributed by atoms with Crippen LogP contribution < -0.4 is 0 Å². The summed E-state index contributed by atoms with van der Waals surface area (Å²) in [5.41, 5.74) is 1.29. The minimum absolute atomic E-state index is 0.0708. The second kappa shape index (κ2) is 7.10. The van der Waals surface area contributed by atoms with Gasteiger partial charge < -0.3 is 14.6 Å². The first-order valence-corrected chi connectivity index (χ1v) is 10.2. The van der Waals surface area contributed by atoms with E-state index in [9.17, 15) is 14.7 Å². The Morgan fingerprint density at radius 1 is 1.27 bits per heavy atom. The SMILES string of the molecule is C=C1CC[C@H]2[C@H](O)[C@@H]([C@@]3(C)CC[C@H](OC(C)=O)C[C@@H]3CC=O)CC[C@]12C. The Labute approximate surface area is 157 Å². The third kappa shape index (κ3) is 3.15. The molecule has 0 aliphatic heterocycles. The van der Waals surface area contributed by atoms with Gasteiger partial charge in [-0.15, -0.1) is 0 Å². The van der Waals surface area contributed by atoms with Crippen molar-refractivity contribution >= 4 is 12.3 Å². The number of hydrogen-bond donors (Lipinski definition) is 1. The Balaban J connectivity index is 1.81. The Morgan fingerprint density at radius 2 is 2.00 bits per heavy atom. The number of carbonyl (C=O) groups is 2. The molecule has 7 atom stereocenters. The van der Waals surface area contributed by atoms with Crippen LogP contribution in [0, 0.1) is 28.6 Å². The van der Waals surface area contributed by atoms with Crippen LogP contribution in [0.3, 0.4) is 0 Å². The molecule has 4 nitrogen and oxygen atoms in total. The number of aldehydes is 1. The highest BCUT2D eigenvalue weighted by Crippen LogP contribution is 2.61. The predicted octanol–water partition coefficient (Wildman–Crippen LogP) is 4.06. The number of allylic oxidation sites excluding steroid dienone is 1. The zero-order valence-corrected chi connectivity index (χ0v) is 16.5. The van der Waals surface area contributed by atoms with Gasteiger partial charge in [-0.25, -0.2) is 0 Å². The summed E-state index contributed by atoms with van der Waals surface area (Å²) in [4.78, 5) is 22.7. The van der Waals surface area contributed by atoms with Crippen molar-refractivity contribution < 1.29 is 19.4 Å². The molecule has 3 rings (SSSR count). The van der Waals surface area contributed by atoms with Crippen molar-refractivity contribution in [1.29, 1.82) is 0 Å². The van der Waals surface area contributed by atoms with Crippen molar-refractivity contribution in [1.82, 2.24) is 0 Å². The second-order valence-electron chi connectivity index (χ2n) is 9.41. The number of aliphatic hydroxyl groups excluding tert-OH is 1. The zero-order valence-electron chi connectivity index (χ0n) is 16.5. The summed E-state index contributed by atoms with van der Waals surface area (Å²) in [5.74, 6) is 0.399. The van der Waals surface area contributed by atoms with Gasteiger partial charge in [-0.05, 0) is 73.5 Å². The molecule has 3 saturated carbocycles. The van der Waals surface area contributed by atoms with E-state index in [1.54, 1.807) is 0 Å². The van der Waals surface area contributed by atoms with E-state index in [1.165, 1.54) is 12.5 Å². The van der Waals surface area contributed by atoms with E-state index in [-0.39, 0.29) is 46.8 Å². The van der Waals surface area contributed by atoms with Gasteiger partial charge in [-0.1, -0.05) is 26.0 Å². The van der Waals surface area contributed by atoms with Gasteiger partial charge in [0.05, 0.1) is 6.10 Å². The molecular weight excluding hydrogens is 328 g/mol. The maximum absolute atomic E-state index is 11.3. The normalized spacial score (nSPS) is 45.8. The van der Waals surface area contributed by atoms with Gasteiger partial charge in [0.15, 0.2) is 0 Å². The maximum Gasteiger partial charge on any atom is 0.302 e. The lowest BCUT2D eigenvalue weighted by atomic mass is 9.51. The van der Waals surface area contributed by atoms with Gasteiger partial charge in [0.25, 0.3) is 0 Å². The lowest BCUT2D eigenvalue weighted by Crippen LogP contribution is -2.53. The monoisotopic (exact) mass is 362 g/mol. The highest BCUT2D eigenvalue weighted by molar-refractivity contribution is 5.66. The van der Waals surface area contributed by atoms with Crippen LogP contribution in [0.2, 0.25) is 0 Å². The van der Waals surface area contributed by atoms with Crippen LogP contribution in [0.15, 0.2) is 12.2 Å². The molecule has 0 aromatic rings. The molecule has 26 heavy (non-hydrogen) atoms. The van der Waals surface area contributed by atoms with Crippen molar-refractivity contribution in [3.63, 3.8) is 0 Å². The molecule has 0 amide bonds. The third-order valence-corrected chi connectivity index (χ3v) is 8.23. The Hall–Kier alpha value is -1.16. The Kier molecular flexibility index (Phi) is 5.35. The maximum atomic E-state index is 11.3. The van der Waals surface area contributed by atoms with Gasteiger partial charge in [0, 0.05) is 13.3 Å². The molecule has 3 aliphatic carbocycles. The number of aliphatic hydroxyl groups is 1. The molecule has 146 valence electrons. The summed E-state index contributed by atoms with van der Waals surface area (Å²) in [6.07, 6.45) is 7.60. The standard InChI is InChI=1S/C22H34O4/c1-14-5-6-18-20(25)19(8-11-21(14,18)3)22(4)10-7-17(26-15(2)24)13-16(22)9-12-23/h12,16-20,25H,1,5-11,13H2,2-4H3/t16-,17-,18-,19-,20-,21+,22-/m0/s1. The molecule has 4 heteroatoms. The van der Waals surface area contributed by atoms with Crippen LogP contribution in [-0.4, -0.2) is 29.6 Å². The first-order valence-electron chi connectivity index (χ1n) is 10.2. The predicted molar refractivity (Wildman–Crippen MR) is 100 cm³/mol. The molecule has 0 bridgehead atoms. The van der Waals surface area contributed by atoms with E-state index in [0.717, 1.165) is 51.2 Å². The van der Waals surface area contributed by atoms with E-state index in [2.05, 4.69) is 20.4 Å². The van der Waals surface area contributed by atoms with E-state index < -0.39 is 0 Å². The molecule has 0 heterocycles. The lowest BCUT2D eigenvalue weighted by Gasteiger charge is -2.55. The molecule has 0 radical (unpaired) electrons. The smallest absolute Gasteiger partial charge is 0.302 e. The summed E-state index contributed by atoms with van der Waals surface area (Å²) in [5, 5.41) is 11.3. The fourth-order valence-electron chi connectivity index (χ4n) is 6.42. The van der Waals surface area contributed by atoms with Crippen LogP contribution in [0.1, 0.15) is 72.1 Å². The molecule has 1 N–H and O–H groups in total. The van der Waals surface area contributed by atoms with Crippen molar-refractivity contribution in [3.05, 3.63) is 12.2 Å². The van der Waals surface area contributed by atoms with Crippen LogP contribution in [0.5, 0.6) is 0 Å². The number of esters is 1. The van der Waals surface area contributed by atoms with Crippen LogP contribution in [0.4, 0.5) is 0 Å². The molecular formula is C22H34O4. The van der Waals surface area contributed by atoms with Gasteiger partial charge in [-0.2, -0.15) is 0 Å². The molecule has 0 unspecified atom stereocenters. The van der Waals surface area contributed by atoms with E-state index in [4.69, 9.17) is 4.74 Å². The van der Waals surface area contributed by atoms with Crippen LogP contribution in [0.25, 0.3) is 0 Å².